The van der Waals surface area contributed by atoms with Crippen molar-refractivity contribution >= 4 is 23.3 Å². The molecule has 5 nitrogen and oxygen atoms in total. The number of likely N-dealkylation sites (tertiary alicyclic amines) is 1. The van der Waals surface area contributed by atoms with Gasteiger partial charge in [0.1, 0.15) is 5.82 Å². The Bertz CT molecular complexity index is 671. The molecule has 150 valence electrons. The number of aromatic nitrogens is 1. The van der Waals surface area contributed by atoms with Crippen LogP contribution in [0.5, 0.6) is 0 Å². The highest BCUT2D eigenvalue weighted by Gasteiger charge is 2.33. The summed E-state index contributed by atoms with van der Waals surface area (Å²) in [7, 11) is 0. The highest BCUT2D eigenvalue weighted by Crippen LogP contribution is 2.33. The summed E-state index contributed by atoms with van der Waals surface area (Å²) in [6.07, 6.45) is -0.347. The number of carbonyl (C=O) groups excluding carboxylic acids is 1. The van der Waals surface area contributed by atoms with Crippen LogP contribution >= 0.6 is 11.6 Å². The number of carbonyl (C=O) groups is 1. The average molecular weight is 405 g/mol. The molecule has 0 aromatic carbocycles. The summed E-state index contributed by atoms with van der Waals surface area (Å²) in [5, 5.41) is -0.00397. The van der Waals surface area contributed by atoms with E-state index in [1.165, 1.54) is 6.42 Å². The second kappa shape index (κ2) is 8.22. The molecule has 1 atom stereocenters. The van der Waals surface area contributed by atoms with Gasteiger partial charge in [-0.2, -0.15) is 13.2 Å². The van der Waals surface area contributed by atoms with Crippen LogP contribution in [-0.4, -0.2) is 66.0 Å². The first kappa shape index (κ1) is 20.2. The molecule has 1 aromatic rings. The molecule has 0 aliphatic carbocycles. The second-order valence-corrected chi connectivity index (χ2v) is 7.52. The smallest absolute Gasteiger partial charge is 0.353 e. The first-order chi connectivity index (χ1) is 12.8. The molecule has 0 bridgehead atoms. The average Bonchev–Trinajstić information content (AvgIpc) is 2.67. The van der Waals surface area contributed by atoms with Crippen LogP contribution in [0.3, 0.4) is 0 Å². The number of amides is 1. The fraction of sp³-hybridized carbons (Fsp3) is 0.667. The van der Waals surface area contributed by atoms with Gasteiger partial charge in [0.25, 0.3) is 0 Å². The number of piperazine rings is 1. The molecular formula is C18H24ClF3N4O. The lowest BCUT2D eigenvalue weighted by atomic mass is 10.1. The van der Waals surface area contributed by atoms with Crippen LogP contribution in [-0.2, 0) is 11.0 Å². The number of pyridine rings is 1. The molecule has 0 radical (unpaired) electrons. The van der Waals surface area contributed by atoms with Crippen molar-refractivity contribution in [2.45, 2.75) is 38.4 Å². The maximum atomic E-state index is 12.8. The van der Waals surface area contributed by atoms with Crippen LogP contribution in [0.4, 0.5) is 19.0 Å². The maximum absolute atomic E-state index is 12.8. The third kappa shape index (κ3) is 4.66. The van der Waals surface area contributed by atoms with Gasteiger partial charge in [0.15, 0.2) is 0 Å². The lowest BCUT2D eigenvalue weighted by molar-refractivity contribution is -0.138. The number of rotatable bonds is 3. The Kier molecular flexibility index (Phi) is 6.15. The molecule has 0 spiro atoms. The van der Waals surface area contributed by atoms with Crippen LogP contribution in [0.25, 0.3) is 0 Å². The maximum Gasteiger partial charge on any atom is 0.417 e. The third-order valence-corrected chi connectivity index (χ3v) is 5.61. The van der Waals surface area contributed by atoms with E-state index in [9.17, 15) is 18.0 Å². The van der Waals surface area contributed by atoms with Crippen LogP contribution in [0.2, 0.25) is 5.02 Å². The summed E-state index contributed by atoms with van der Waals surface area (Å²) in [6.45, 7) is 5.99. The fourth-order valence-corrected chi connectivity index (χ4v) is 3.96. The topological polar surface area (TPSA) is 39.7 Å². The van der Waals surface area contributed by atoms with Gasteiger partial charge in [-0.25, -0.2) is 4.98 Å². The van der Waals surface area contributed by atoms with Crippen molar-refractivity contribution in [1.82, 2.24) is 14.8 Å². The number of halogens is 4. The van der Waals surface area contributed by atoms with E-state index in [0.717, 1.165) is 38.2 Å². The normalized spacial score (nSPS) is 20.6. The molecule has 2 aliphatic heterocycles. The standard InChI is InChI=1S/C18H24ClF3N4O/c1-13(17(27)26-5-3-2-4-6-26)24-7-9-25(10-8-24)16-15(19)11-14(12-23-16)18(20,21)22/h11-13H,2-10H2,1H3. The van der Waals surface area contributed by atoms with Crippen LogP contribution in [0, 0.1) is 0 Å². The molecule has 2 fully saturated rings. The number of anilines is 1. The summed E-state index contributed by atoms with van der Waals surface area (Å²) in [5.74, 6) is 0.521. The summed E-state index contributed by atoms with van der Waals surface area (Å²) in [5.41, 5.74) is -0.851. The number of hydrogen-bond donors (Lipinski definition) is 0. The van der Waals surface area contributed by atoms with E-state index in [0.29, 0.717) is 32.0 Å². The highest BCUT2D eigenvalue weighted by atomic mass is 35.5. The van der Waals surface area contributed by atoms with E-state index in [1.54, 1.807) is 0 Å². The lowest BCUT2D eigenvalue weighted by Crippen LogP contribution is -2.55. The Labute approximate surface area is 162 Å². The van der Waals surface area contributed by atoms with Gasteiger partial charge in [-0.15, -0.1) is 0 Å². The number of alkyl halides is 3. The van der Waals surface area contributed by atoms with E-state index < -0.39 is 11.7 Å². The summed E-state index contributed by atoms with van der Waals surface area (Å²) < 4.78 is 38.3. The molecule has 2 aliphatic rings. The van der Waals surface area contributed by atoms with Crippen LogP contribution in [0.15, 0.2) is 12.3 Å². The predicted octanol–water partition coefficient (Wildman–Crippen LogP) is 3.28. The molecule has 0 N–H and O–H groups in total. The molecule has 1 aromatic heterocycles. The fourth-order valence-electron chi connectivity index (χ4n) is 3.67. The van der Waals surface area contributed by atoms with Gasteiger partial charge < -0.3 is 9.80 Å². The number of hydrogen-bond acceptors (Lipinski definition) is 4. The zero-order valence-corrected chi connectivity index (χ0v) is 16.1. The van der Waals surface area contributed by atoms with Crippen molar-refractivity contribution in [2.75, 3.05) is 44.2 Å². The Morgan fingerprint density at radius 1 is 1.11 bits per heavy atom. The SMILES string of the molecule is CC(C(=O)N1CCCCC1)N1CCN(c2ncc(C(F)(F)F)cc2Cl)CC1. The highest BCUT2D eigenvalue weighted by molar-refractivity contribution is 6.33. The number of nitrogens with zero attached hydrogens (tertiary/aromatic N) is 4. The van der Waals surface area contributed by atoms with Gasteiger partial charge in [0.05, 0.1) is 16.6 Å². The Morgan fingerprint density at radius 2 is 1.74 bits per heavy atom. The van der Waals surface area contributed by atoms with Gasteiger partial charge in [-0.3, -0.25) is 9.69 Å². The van der Waals surface area contributed by atoms with Crippen molar-refractivity contribution in [2.24, 2.45) is 0 Å². The van der Waals surface area contributed by atoms with Crippen molar-refractivity contribution < 1.29 is 18.0 Å². The van der Waals surface area contributed by atoms with Crippen molar-refractivity contribution in [3.05, 3.63) is 22.8 Å². The molecule has 1 unspecified atom stereocenters. The molecule has 1 amide bonds. The number of piperidine rings is 1. The molecule has 3 heterocycles. The van der Waals surface area contributed by atoms with Gasteiger partial charge in [-0.05, 0) is 32.3 Å². The Hall–Kier alpha value is -1.54. The summed E-state index contributed by atoms with van der Waals surface area (Å²) in [6, 6.07) is 0.722. The predicted molar refractivity (Wildman–Crippen MR) is 97.9 cm³/mol. The zero-order chi connectivity index (χ0) is 19.6. The summed E-state index contributed by atoms with van der Waals surface area (Å²) in [4.78, 5) is 22.5. The minimum absolute atomic E-state index is 0.00397. The third-order valence-electron chi connectivity index (χ3n) is 5.34. The van der Waals surface area contributed by atoms with E-state index in [4.69, 9.17) is 11.6 Å². The van der Waals surface area contributed by atoms with E-state index in [2.05, 4.69) is 9.88 Å². The quantitative estimate of drug-likeness (QED) is 0.775. The van der Waals surface area contributed by atoms with Crippen molar-refractivity contribution in [3.63, 3.8) is 0 Å². The van der Waals surface area contributed by atoms with E-state index in [1.807, 2.05) is 16.7 Å². The van der Waals surface area contributed by atoms with E-state index in [-0.39, 0.29) is 17.0 Å². The van der Waals surface area contributed by atoms with Crippen molar-refractivity contribution in [3.8, 4) is 0 Å². The first-order valence-corrected chi connectivity index (χ1v) is 9.65. The van der Waals surface area contributed by atoms with Gasteiger partial charge >= 0.3 is 6.18 Å². The second-order valence-electron chi connectivity index (χ2n) is 7.11. The van der Waals surface area contributed by atoms with Gasteiger partial charge in [-0.1, -0.05) is 11.6 Å². The van der Waals surface area contributed by atoms with E-state index >= 15 is 0 Å². The zero-order valence-electron chi connectivity index (χ0n) is 15.3. The first-order valence-electron chi connectivity index (χ1n) is 9.28. The summed E-state index contributed by atoms with van der Waals surface area (Å²) >= 11 is 6.04. The van der Waals surface area contributed by atoms with Gasteiger partial charge in [0, 0.05) is 45.5 Å². The van der Waals surface area contributed by atoms with Crippen LogP contribution in [0.1, 0.15) is 31.7 Å². The molecule has 2 saturated heterocycles. The Morgan fingerprint density at radius 3 is 2.30 bits per heavy atom. The molecule has 27 heavy (non-hydrogen) atoms. The minimum atomic E-state index is -4.46. The molecule has 3 rings (SSSR count). The minimum Gasteiger partial charge on any atom is -0.353 e. The molecular weight excluding hydrogens is 381 g/mol. The molecule has 0 saturated carbocycles. The lowest BCUT2D eigenvalue weighted by Gasteiger charge is -2.40. The van der Waals surface area contributed by atoms with Crippen molar-refractivity contribution in [1.29, 1.82) is 0 Å². The largest absolute Gasteiger partial charge is 0.417 e. The van der Waals surface area contributed by atoms with Crippen LogP contribution < -0.4 is 4.90 Å². The molecule has 9 heteroatoms. The van der Waals surface area contributed by atoms with Gasteiger partial charge in [0.2, 0.25) is 5.91 Å². The monoisotopic (exact) mass is 404 g/mol. The Balaban J connectivity index is 1.59.